The summed E-state index contributed by atoms with van der Waals surface area (Å²) in [5.41, 5.74) is -1.83. The molecular weight excluding hydrogens is 471 g/mol. The van der Waals surface area contributed by atoms with E-state index in [-0.39, 0.29) is 41.0 Å². The van der Waals surface area contributed by atoms with Gasteiger partial charge in [-0.25, -0.2) is 8.78 Å². The highest BCUT2D eigenvalue weighted by Gasteiger charge is 2.36. The van der Waals surface area contributed by atoms with Gasteiger partial charge in [-0.15, -0.1) is 0 Å². The molecule has 0 spiro atoms. The number of aromatic nitrogens is 1. The Morgan fingerprint density at radius 1 is 1.09 bits per heavy atom. The minimum absolute atomic E-state index is 0.0690. The number of carbonyl (C=O) groups excluding carboxylic acids is 1. The van der Waals surface area contributed by atoms with Gasteiger partial charge in [0.1, 0.15) is 23.5 Å². The number of carbonyl (C=O) groups is 1. The van der Waals surface area contributed by atoms with Gasteiger partial charge >= 0.3 is 6.18 Å². The number of amides is 1. The molecule has 0 fully saturated rings. The van der Waals surface area contributed by atoms with Crippen LogP contribution in [0.2, 0.25) is 5.02 Å². The fourth-order valence-corrected chi connectivity index (χ4v) is 3.84. The van der Waals surface area contributed by atoms with E-state index in [1.54, 1.807) is 0 Å². The van der Waals surface area contributed by atoms with E-state index < -0.39 is 46.0 Å². The molecular formula is C22H14ClF5N2O3. The molecule has 1 aliphatic rings. The standard InChI is InChI=1S/C22H14ClF5N2O3/c23-16-8-14(21(32)30-11-3-4-29-20(31)7-11)19(9-15(16)22(26,27)28)33-18-2-1-17(25)12-5-10(24)6-13(12)18/h1-4,7-10H,5-6H2,(H2,29,30,31,32). The van der Waals surface area contributed by atoms with E-state index in [0.717, 1.165) is 24.3 Å². The Kier molecular flexibility index (Phi) is 5.87. The maximum atomic E-state index is 14.1. The molecule has 0 radical (unpaired) electrons. The SMILES string of the molecule is O=C(Nc1cc[nH]c(=O)c1)c1cc(Cl)c(C(F)(F)F)cc1Oc1ccc(F)c2c1CC(F)C2. The molecule has 5 nitrogen and oxygen atoms in total. The lowest BCUT2D eigenvalue weighted by Gasteiger charge is -2.17. The van der Waals surface area contributed by atoms with Crippen molar-refractivity contribution in [1.29, 1.82) is 0 Å². The fraction of sp³-hybridized carbons (Fsp3) is 0.182. The second-order valence-electron chi connectivity index (χ2n) is 7.33. The molecule has 0 bridgehead atoms. The Balaban J connectivity index is 1.79. The van der Waals surface area contributed by atoms with Gasteiger partial charge in [0.15, 0.2) is 0 Å². The summed E-state index contributed by atoms with van der Waals surface area (Å²) in [4.78, 5) is 26.6. The largest absolute Gasteiger partial charge is 0.456 e. The number of alkyl halides is 4. The van der Waals surface area contributed by atoms with E-state index >= 15 is 0 Å². The van der Waals surface area contributed by atoms with Crippen molar-refractivity contribution >= 4 is 23.2 Å². The van der Waals surface area contributed by atoms with Crippen molar-refractivity contribution in [3.05, 3.63) is 86.0 Å². The van der Waals surface area contributed by atoms with E-state index in [2.05, 4.69) is 10.3 Å². The Morgan fingerprint density at radius 2 is 1.82 bits per heavy atom. The molecule has 1 aliphatic carbocycles. The lowest BCUT2D eigenvalue weighted by molar-refractivity contribution is -0.137. The number of halogens is 6. The van der Waals surface area contributed by atoms with E-state index in [1.807, 2.05) is 0 Å². The normalized spacial score (nSPS) is 15.3. The van der Waals surface area contributed by atoms with Gasteiger partial charge < -0.3 is 15.0 Å². The Morgan fingerprint density at radius 3 is 2.52 bits per heavy atom. The van der Waals surface area contributed by atoms with Crippen LogP contribution in [0.5, 0.6) is 11.5 Å². The monoisotopic (exact) mass is 484 g/mol. The highest BCUT2D eigenvalue weighted by atomic mass is 35.5. The smallest absolute Gasteiger partial charge is 0.417 e. The Hall–Kier alpha value is -3.40. The third kappa shape index (κ3) is 4.70. The van der Waals surface area contributed by atoms with Crippen LogP contribution in [-0.4, -0.2) is 17.1 Å². The molecule has 0 saturated heterocycles. The first-order valence-corrected chi connectivity index (χ1v) is 9.93. The average Bonchev–Trinajstić information content (AvgIpc) is 3.12. The molecule has 1 atom stereocenters. The van der Waals surface area contributed by atoms with E-state index in [0.29, 0.717) is 6.07 Å². The summed E-state index contributed by atoms with van der Waals surface area (Å²) in [7, 11) is 0. The number of hydrogen-bond acceptors (Lipinski definition) is 3. The summed E-state index contributed by atoms with van der Waals surface area (Å²) in [6, 6.07) is 5.93. The van der Waals surface area contributed by atoms with Gasteiger partial charge in [0.05, 0.1) is 16.1 Å². The van der Waals surface area contributed by atoms with Gasteiger partial charge in [-0.2, -0.15) is 13.2 Å². The summed E-state index contributed by atoms with van der Waals surface area (Å²) >= 11 is 5.79. The van der Waals surface area contributed by atoms with Crippen molar-refractivity contribution in [2.24, 2.45) is 0 Å². The van der Waals surface area contributed by atoms with Crippen molar-refractivity contribution in [3.8, 4) is 11.5 Å². The molecule has 1 heterocycles. The summed E-state index contributed by atoms with van der Waals surface area (Å²) < 4.78 is 73.9. The molecule has 1 aromatic heterocycles. The van der Waals surface area contributed by atoms with Gasteiger partial charge in [-0.1, -0.05) is 11.6 Å². The average molecular weight is 485 g/mol. The van der Waals surface area contributed by atoms with Crippen molar-refractivity contribution in [3.63, 3.8) is 0 Å². The number of aromatic amines is 1. The highest BCUT2D eigenvalue weighted by molar-refractivity contribution is 6.32. The Bertz CT molecular complexity index is 1310. The molecule has 3 aromatic rings. The number of nitrogens with one attached hydrogen (secondary N) is 2. The summed E-state index contributed by atoms with van der Waals surface area (Å²) in [5, 5.41) is 1.63. The number of benzene rings is 2. The fourth-order valence-electron chi connectivity index (χ4n) is 3.57. The minimum atomic E-state index is -4.86. The molecule has 1 unspecified atom stereocenters. The minimum Gasteiger partial charge on any atom is -0.456 e. The zero-order chi connectivity index (χ0) is 23.9. The summed E-state index contributed by atoms with van der Waals surface area (Å²) in [6.45, 7) is 0. The molecule has 0 aliphatic heterocycles. The molecule has 172 valence electrons. The van der Waals surface area contributed by atoms with Crippen LogP contribution in [0.3, 0.4) is 0 Å². The van der Waals surface area contributed by atoms with Gasteiger partial charge in [0, 0.05) is 36.4 Å². The molecule has 2 aromatic carbocycles. The molecule has 4 rings (SSSR count). The van der Waals surface area contributed by atoms with Gasteiger partial charge in [0.25, 0.3) is 5.91 Å². The summed E-state index contributed by atoms with van der Waals surface area (Å²) in [6.07, 6.45) is -5.33. The number of ether oxygens (including phenoxy) is 1. The number of anilines is 1. The highest BCUT2D eigenvalue weighted by Crippen LogP contribution is 2.42. The molecule has 0 saturated carbocycles. The van der Waals surface area contributed by atoms with Crippen LogP contribution in [0.15, 0.2) is 47.4 Å². The third-order valence-electron chi connectivity index (χ3n) is 5.05. The molecule has 1 amide bonds. The Labute approximate surface area is 188 Å². The van der Waals surface area contributed by atoms with E-state index in [9.17, 15) is 31.5 Å². The van der Waals surface area contributed by atoms with Gasteiger partial charge in [-0.3, -0.25) is 9.59 Å². The number of H-pyrrole nitrogens is 1. The number of rotatable bonds is 4. The predicted molar refractivity (Wildman–Crippen MR) is 110 cm³/mol. The first-order chi connectivity index (χ1) is 15.5. The van der Waals surface area contributed by atoms with Crippen LogP contribution in [0.25, 0.3) is 0 Å². The number of pyridine rings is 1. The lowest BCUT2D eigenvalue weighted by Crippen LogP contribution is -2.16. The van der Waals surface area contributed by atoms with Gasteiger partial charge in [0.2, 0.25) is 5.56 Å². The first kappa shape index (κ1) is 22.8. The van der Waals surface area contributed by atoms with Crippen LogP contribution < -0.4 is 15.6 Å². The summed E-state index contributed by atoms with van der Waals surface area (Å²) in [5.74, 6) is -2.16. The quantitative estimate of drug-likeness (QED) is 0.469. The second kappa shape index (κ2) is 8.51. The number of fused-ring (bicyclic) bond motifs is 1. The first-order valence-electron chi connectivity index (χ1n) is 9.56. The van der Waals surface area contributed by atoms with Crippen LogP contribution in [-0.2, 0) is 19.0 Å². The maximum Gasteiger partial charge on any atom is 0.417 e. The zero-order valence-electron chi connectivity index (χ0n) is 16.5. The van der Waals surface area contributed by atoms with E-state index in [4.69, 9.17) is 16.3 Å². The van der Waals surface area contributed by atoms with Crippen molar-refractivity contribution in [2.45, 2.75) is 25.2 Å². The molecule has 11 heteroatoms. The second-order valence-corrected chi connectivity index (χ2v) is 7.74. The third-order valence-corrected chi connectivity index (χ3v) is 5.37. The van der Waals surface area contributed by atoms with E-state index in [1.165, 1.54) is 12.3 Å². The van der Waals surface area contributed by atoms with Crippen LogP contribution >= 0.6 is 11.6 Å². The lowest BCUT2D eigenvalue weighted by atomic mass is 10.1. The van der Waals surface area contributed by atoms with Crippen molar-refractivity contribution < 1.29 is 31.5 Å². The molecule has 2 N–H and O–H groups in total. The maximum absolute atomic E-state index is 14.1. The van der Waals surface area contributed by atoms with Crippen molar-refractivity contribution in [1.82, 2.24) is 4.98 Å². The van der Waals surface area contributed by atoms with Crippen molar-refractivity contribution in [2.75, 3.05) is 5.32 Å². The topological polar surface area (TPSA) is 71.2 Å². The van der Waals surface area contributed by atoms with Crippen LogP contribution in [0, 0.1) is 5.82 Å². The van der Waals surface area contributed by atoms with Gasteiger partial charge in [-0.05, 0) is 35.9 Å². The molecule has 33 heavy (non-hydrogen) atoms. The van der Waals surface area contributed by atoms with Crippen LogP contribution in [0.4, 0.5) is 27.6 Å². The van der Waals surface area contributed by atoms with Crippen LogP contribution in [0.1, 0.15) is 27.0 Å². The zero-order valence-corrected chi connectivity index (χ0v) is 17.3. The number of hydrogen-bond donors (Lipinski definition) is 2. The predicted octanol–water partition coefficient (Wildman–Crippen LogP) is 5.67.